The van der Waals surface area contributed by atoms with Gasteiger partial charge >= 0.3 is 0 Å². The number of hydrogen-bond acceptors (Lipinski definition) is 3. The Morgan fingerprint density at radius 2 is 2.17 bits per heavy atom. The minimum absolute atomic E-state index is 0.374. The van der Waals surface area contributed by atoms with Gasteiger partial charge in [-0.3, -0.25) is 0 Å². The van der Waals surface area contributed by atoms with Gasteiger partial charge < -0.3 is 10.3 Å². The molecule has 3 rings (SSSR count). The molecule has 1 aromatic heterocycles. The summed E-state index contributed by atoms with van der Waals surface area (Å²) in [6, 6.07) is 2.66. The van der Waals surface area contributed by atoms with Crippen LogP contribution in [0.5, 0.6) is 0 Å². The number of thioether (sulfide) groups is 1. The molecule has 1 aliphatic rings. The number of nitrogens with zero attached hydrogens (tertiary/aromatic N) is 1. The fraction of sp³-hybridized carbons (Fsp3) is 0.417. The highest BCUT2D eigenvalue weighted by molar-refractivity contribution is 7.99. The molecule has 1 fully saturated rings. The van der Waals surface area contributed by atoms with E-state index in [9.17, 15) is 8.78 Å². The topological polar surface area (TPSA) is 40.7 Å². The number of hydrogen-bond donors (Lipinski definition) is 2. The van der Waals surface area contributed by atoms with Gasteiger partial charge in [-0.05, 0) is 0 Å². The molecule has 0 spiro atoms. The summed E-state index contributed by atoms with van der Waals surface area (Å²) in [5.41, 5.74) is 1.03. The summed E-state index contributed by atoms with van der Waals surface area (Å²) in [6.45, 7) is 0.999. The Hall–Kier alpha value is -1.14. The Balaban J connectivity index is 1.84. The molecule has 0 bridgehead atoms. The Bertz CT molecular complexity index is 525. The van der Waals surface area contributed by atoms with Gasteiger partial charge in [-0.15, -0.1) is 0 Å². The lowest BCUT2D eigenvalue weighted by atomic mass is 10.2. The highest BCUT2D eigenvalue weighted by atomic mass is 32.2. The second kappa shape index (κ2) is 4.85. The summed E-state index contributed by atoms with van der Waals surface area (Å²) in [7, 11) is 0. The lowest BCUT2D eigenvalue weighted by Crippen LogP contribution is -2.39. The van der Waals surface area contributed by atoms with Crippen LogP contribution in [0.4, 0.5) is 8.78 Å². The number of nitrogens with one attached hydrogen (secondary N) is 2. The van der Waals surface area contributed by atoms with E-state index in [1.165, 1.54) is 0 Å². The van der Waals surface area contributed by atoms with Crippen molar-refractivity contribution >= 4 is 22.8 Å². The molecular formula is C12H13F2N3S. The molecule has 18 heavy (non-hydrogen) atoms. The molecule has 1 aliphatic heterocycles. The number of aromatic amines is 1. The molecule has 2 heterocycles. The highest BCUT2D eigenvalue weighted by Crippen LogP contribution is 2.18. The normalized spacial score (nSPS) is 20.4. The first-order chi connectivity index (χ1) is 8.72. The van der Waals surface area contributed by atoms with E-state index in [1.54, 1.807) is 0 Å². The molecule has 0 aliphatic carbocycles. The number of rotatable bonds is 2. The van der Waals surface area contributed by atoms with Crippen molar-refractivity contribution in [3.8, 4) is 0 Å². The van der Waals surface area contributed by atoms with Crippen LogP contribution in [0.15, 0.2) is 12.1 Å². The van der Waals surface area contributed by atoms with Crippen LogP contribution in [0.3, 0.4) is 0 Å². The van der Waals surface area contributed by atoms with Crippen molar-refractivity contribution in [3.05, 3.63) is 29.6 Å². The maximum atomic E-state index is 13.1. The van der Waals surface area contributed by atoms with E-state index in [4.69, 9.17) is 0 Å². The van der Waals surface area contributed by atoms with Crippen LogP contribution >= 0.6 is 11.8 Å². The molecule has 1 atom stereocenters. The summed E-state index contributed by atoms with van der Waals surface area (Å²) in [5.74, 6) is 1.25. The Labute approximate surface area is 107 Å². The van der Waals surface area contributed by atoms with Crippen LogP contribution in [0.2, 0.25) is 0 Å². The second-order valence-corrected chi connectivity index (χ2v) is 5.55. The van der Waals surface area contributed by atoms with Gasteiger partial charge in [0.2, 0.25) is 0 Å². The van der Waals surface area contributed by atoms with Crippen molar-refractivity contribution in [1.82, 2.24) is 15.3 Å². The molecule has 0 radical (unpaired) electrons. The Kier molecular flexibility index (Phi) is 3.22. The van der Waals surface area contributed by atoms with Crippen molar-refractivity contribution in [1.29, 1.82) is 0 Å². The average molecular weight is 269 g/mol. The van der Waals surface area contributed by atoms with Crippen molar-refractivity contribution in [3.63, 3.8) is 0 Å². The van der Waals surface area contributed by atoms with E-state index in [0.29, 0.717) is 17.1 Å². The zero-order valence-corrected chi connectivity index (χ0v) is 10.5. The summed E-state index contributed by atoms with van der Waals surface area (Å²) < 4.78 is 26.1. The molecular weight excluding hydrogens is 256 g/mol. The third-order valence-electron chi connectivity index (χ3n) is 3.01. The quantitative estimate of drug-likeness (QED) is 0.877. The number of aromatic nitrogens is 2. The number of imidazole rings is 1. The summed E-state index contributed by atoms with van der Waals surface area (Å²) in [6.07, 6.45) is 0.755. The van der Waals surface area contributed by atoms with Crippen molar-refractivity contribution in [2.45, 2.75) is 12.5 Å². The third kappa shape index (κ3) is 2.35. The molecule has 1 saturated heterocycles. The van der Waals surface area contributed by atoms with E-state index in [1.807, 2.05) is 11.8 Å². The first-order valence-corrected chi connectivity index (χ1v) is 7.02. The minimum atomic E-state index is -0.855. The zero-order chi connectivity index (χ0) is 12.5. The lowest BCUT2D eigenvalue weighted by molar-refractivity contribution is 0.510. The molecule has 2 aromatic rings. The van der Waals surface area contributed by atoms with E-state index < -0.39 is 11.6 Å². The molecule has 6 heteroatoms. The van der Waals surface area contributed by atoms with Crippen molar-refractivity contribution in [2.24, 2.45) is 0 Å². The van der Waals surface area contributed by atoms with Gasteiger partial charge in [0, 0.05) is 42.6 Å². The molecule has 1 aromatic carbocycles. The first kappa shape index (κ1) is 11.9. The SMILES string of the molecule is Fc1cc2nc(CC3CSCCN3)[nH]c2cc1F. The van der Waals surface area contributed by atoms with Gasteiger partial charge in [0.05, 0.1) is 11.0 Å². The molecule has 96 valence electrons. The van der Waals surface area contributed by atoms with Gasteiger partial charge in [-0.25, -0.2) is 13.8 Å². The number of H-pyrrole nitrogens is 1. The fourth-order valence-corrected chi connectivity index (χ4v) is 3.09. The van der Waals surface area contributed by atoms with Gasteiger partial charge in [-0.1, -0.05) is 0 Å². The predicted molar refractivity (Wildman–Crippen MR) is 68.8 cm³/mol. The van der Waals surface area contributed by atoms with Gasteiger partial charge in [0.25, 0.3) is 0 Å². The second-order valence-electron chi connectivity index (χ2n) is 4.40. The van der Waals surface area contributed by atoms with Gasteiger partial charge in [0.15, 0.2) is 11.6 Å². The van der Waals surface area contributed by atoms with E-state index in [2.05, 4.69) is 15.3 Å². The predicted octanol–water partition coefficient (Wildman–Crippen LogP) is 2.09. The monoisotopic (exact) mass is 269 g/mol. The Morgan fingerprint density at radius 3 is 2.94 bits per heavy atom. The van der Waals surface area contributed by atoms with Gasteiger partial charge in [0.1, 0.15) is 5.82 Å². The number of fused-ring (bicyclic) bond motifs is 1. The molecule has 0 saturated carbocycles. The van der Waals surface area contributed by atoms with Crippen molar-refractivity contribution in [2.75, 3.05) is 18.1 Å². The number of halogens is 2. The lowest BCUT2D eigenvalue weighted by Gasteiger charge is -2.21. The summed E-state index contributed by atoms with van der Waals surface area (Å²) in [4.78, 5) is 7.34. The van der Waals surface area contributed by atoms with Crippen LogP contribution < -0.4 is 5.32 Å². The zero-order valence-electron chi connectivity index (χ0n) is 9.67. The third-order valence-corrected chi connectivity index (χ3v) is 4.14. The van der Waals surface area contributed by atoms with E-state index in [0.717, 1.165) is 42.4 Å². The maximum Gasteiger partial charge on any atom is 0.161 e. The van der Waals surface area contributed by atoms with Gasteiger partial charge in [-0.2, -0.15) is 11.8 Å². The maximum absolute atomic E-state index is 13.1. The smallest absolute Gasteiger partial charge is 0.161 e. The average Bonchev–Trinajstić information content (AvgIpc) is 2.72. The van der Waals surface area contributed by atoms with Crippen LogP contribution in [0, 0.1) is 11.6 Å². The largest absolute Gasteiger partial charge is 0.342 e. The minimum Gasteiger partial charge on any atom is -0.342 e. The standard InChI is InChI=1S/C12H13F2N3S/c13-8-4-10-11(5-9(8)14)17-12(16-10)3-7-6-18-2-1-15-7/h4-5,7,15H,1-3,6H2,(H,16,17). The Morgan fingerprint density at radius 1 is 1.33 bits per heavy atom. The molecule has 3 nitrogen and oxygen atoms in total. The van der Waals surface area contributed by atoms with E-state index in [-0.39, 0.29) is 0 Å². The summed E-state index contributed by atoms with van der Waals surface area (Å²) >= 11 is 1.91. The van der Waals surface area contributed by atoms with Crippen LogP contribution in [-0.2, 0) is 6.42 Å². The number of benzene rings is 1. The van der Waals surface area contributed by atoms with Crippen LogP contribution in [0.25, 0.3) is 11.0 Å². The molecule has 0 amide bonds. The van der Waals surface area contributed by atoms with Crippen LogP contribution in [0.1, 0.15) is 5.82 Å². The summed E-state index contributed by atoms with van der Waals surface area (Å²) in [5, 5.41) is 3.41. The molecule has 2 N–H and O–H groups in total. The van der Waals surface area contributed by atoms with E-state index >= 15 is 0 Å². The highest BCUT2D eigenvalue weighted by Gasteiger charge is 2.16. The van der Waals surface area contributed by atoms with Crippen molar-refractivity contribution < 1.29 is 8.78 Å². The molecule has 1 unspecified atom stereocenters. The first-order valence-electron chi connectivity index (χ1n) is 5.87. The fourth-order valence-electron chi connectivity index (χ4n) is 2.14. The van der Waals surface area contributed by atoms with Crippen LogP contribution in [-0.4, -0.2) is 34.1 Å².